The van der Waals surface area contributed by atoms with Crippen LogP contribution in [0.25, 0.3) is 5.69 Å². The molecule has 0 radical (unpaired) electrons. The van der Waals surface area contributed by atoms with Crippen molar-refractivity contribution in [3.05, 3.63) is 41.3 Å². The zero-order chi connectivity index (χ0) is 22.5. The van der Waals surface area contributed by atoms with E-state index in [1.807, 2.05) is 0 Å². The summed E-state index contributed by atoms with van der Waals surface area (Å²) in [6.07, 6.45) is 2.16. The molecule has 1 aromatic carbocycles. The fourth-order valence-corrected chi connectivity index (χ4v) is 2.86. The van der Waals surface area contributed by atoms with Gasteiger partial charge in [0.1, 0.15) is 23.3 Å². The Morgan fingerprint density at radius 3 is 2.55 bits per heavy atom. The average molecular weight is 432 g/mol. The maximum absolute atomic E-state index is 13.2. The van der Waals surface area contributed by atoms with Crippen molar-refractivity contribution in [3.8, 4) is 11.8 Å². The molecule has 0 bridgehead atoms. The first kappa shape index (κ1) is 24.1. The molecule has 0 atom stereocenters. The lowest BCUT2D eigenvalue weighted by Crippen LogP contribution is -2.38. The molecule has 0 aliphatic heterocycles. The number of nitrogens with one attached hydrogen (secondary N) is 2. The molecule has 0 unspecified atom stereocenters. The van der Waals surface area contributed by atoms with E-state index in [-0.39, 0.29) is 11.6 Å². The van der Waals surface area contributed by atoms with E-state index in [0.717, 1.165) is 19.4 Å². The van der Waals surface area contributed by atoms with Crippen LogP contribution in [0.2, 0.25) is 0 Å². The van der Waals surface area contributed by atoms with Crippen molar-refractivity contribution in [3.63, 3.8) is 0 Å². The summed E-state index contributed by atoms with van der Waals surface area (Å²) in [5, 5.41) is 20.4. The normalized spacial score (nSPS) is 11.4. The van der Waals surface area contributed by atoms with Crippen molar-refractivity contribution < 1.29 is 13.9 Å². The Kier molecular flexibility index (Phi) is 10.3. The Hall–Kier alpha value is -3.16. The monoisotopic (exact) mass is 431 g/mol. The highest BCUT2D eigenvalue weighted by Gasteiger charge is 2.16. The Morgan fingerprint density at radius 2 is 1.90 bits per heavy atom. The number of benzene rings is 1. The van der Waals surface area contributed by atoms with Gasteiger partial charge in [0.2, 0.25) is 0 Å². The van der Waals surface area contributed by atoms with Crippen LogP contribution in [0.1, 0.15) is 24.1 Å². The highest BCUT2D eigenvalue weighted by molar-refractivity contribution is 5.79. The third-order valence-electron chi connectivity index (χ3n) is 4.47. The van der Waals surface area contributed by atoms with Crippen molar-refractivity contribution in [2.45, 2.75) is 19.3 Å². The minimum Gasteiger partial charge on any atom is -0.382 e. The molecule has 2 aromatic rings. The van der Waals surface area contributed by atoms with E-state index in [4.69, 9.17) is 15.2 Å². The zero-order valence-electron chi connectivity index (χ0n) is 18.0. The highest BCUT2D eigenvalue weighted by atomic mass is 19.1. The van der Waals surface area contributed by atoms with Crippen LogP contribution >= 0.6 is 0 Å². The van der Waals surface area contributed by atoms with E-state index >= 15 is 0 Å². The van der Waals surface area contributed by atoms with Gasteiger partial charge in [0.15, 0.2) is 5.96 Å². The van der Waals surface area contributed by atoms with Gasteiger partial charge in [-0.05, 0) is 43.5 Å². The second-order valence-electron chi connectivity index (χ2n) is 6.70. The predicted molar refractivity (Wildman–Crippen MR) is 118 cm³/mol. The molecule has 0 spiro atoms. The maximum atomic E-state index is 13.2. The maximum Gasteiger partial charge on any atom is 0.190 e. The van der Waals surface area contributed by atoms with Crippen LogP contribution in [0.4, 0.5) is 10.2 Å². The van der Waals surface area contributed by atoms with Crippen LogP contribution in [0.15, 0.2) is 29.3 Å². The van der Waals surface area contributed by atoms with E-state index in [2.05, 4.69) is 26.8 Å². The largest absolute Gasteiger partial charge is 0.382 e. The minimum absolute atomic E-state index is 0.252. The van der Waals surface area contributed by atoms with Crippen LogP contribution in [-0.2, 0) is 15.9 Å². The number of ether oxygens (including phenoxy) is 2. The number of hydrogen-bond acceptors (Lipinski definition) is 6. The summed E-state index contributed by atoms with van der Waals surface area (Å²) < 4.78 is 25.0. The Bertz CT molecular complexity index is 875. The van der Waals surface area contributed by atoms with E-state index in [1.165, 1.54) is 16.8 Å². The molecule has 9 nitrogen and oxygen atoms in total. The van der Waals surface area contributed by atoms with Crippen molar-refractivity contribution in [1.82, 2.24) is 20.4 Å². The minimum atomic E-state index is -0.345. The van der Waals surface area contributed by atoms with Crippen molar-refractivity contribution in [2.75, 3.05) is 52.8 Å². The molecular weight excluding hydrogens is 401 g/mol. The molecule has 2 rings (SSSR count). The second kappa shape index (κ2) is 13.2. The number of halogens is 1. The van der Waals surface area contributed by atoms with Crippen LogP contribution in [0.3, 0.4) is 0 Å². The summed E-state index contributed by atoms with van der Waals surface area (Å²) in [5.41, 5.74) is 7.66. The lowest BCUT2D eigenvalue weighted by molar-refractivity contribution is 0.0698. The molecule has 168 valence electrons. The van der Waals surface area contributed by atoms with Crippen LogP contribution < -0.4 is 16.4 Å². The molecule has 0 aliphatic rings. The van der Waals surface area contributed by atoms with E-state index < -0.39 is 0 Å². The molecule has 0 fully saturated rings. The fourth-order valence-electron chi connectivity index (χ4n) is 2.86. The standard InChI is InChI=1S/C21H30FN7O2/c1-25-21(27-11-4-12-31-14-13-30-2)26-10-3-5-19-18(15-23)20(24)29(28-19)17-8-6-16(22)7-9-17/h6-9H,3-5,10-14,24H2,1-2H3,(H2,25,26,27). The van der Waals surface area contributed by atoms with Gasteiger partial charge in [0, 0.05) is 33.9 Å². The van der Waals surface area contributed by atoms with Gasteiger partial charge in [-0.2, -0.15) is 10.4 Å². The summed E-state index contributed by atoms with van der Waals surface area (Å²) >= 11 is 0. The van der Waals surface area contributed by atoms with Gasteiger partial charge in [-0.1, -0.05) is 0 Å². The number of aryl methyl sites for hydroxylation is 1. The molecule has 4 N–H and O–H groups in total. The topological polar surface area (TPSA) is 123 Å². The summed E-state index contributed by atoms with van der Waals surface area (Å²) in [7, 11) is 3.36. The molecular formula is C21H30FN7O2. The SMILES string of the molecule is CN=C(NCCCOCCOC)NCCCc1nn(-c2ccc(F)cc2)c(N)c1C#N. The molecule has 1 aromatic heterocycles. The van der Waals surface area contributed by atoms with E-state index in [9.17, 15) is 9.65 Å². The molecule has 0 amide bonds. The van der Waals surface area contributed by atoms with E-state index in [0.29, 0.717) is 55.7 Å². The third-order valence-corrected chi connectivity index (χ3v) is 4.47. The van der Waals surface area contributed by atoms with Crippen molar-refractivity contribution in [2.24, 2.45) is 4.99 Å². The molecule has 0 aliphatic carbocycles. The van der Waals surface area contributed by atoms with Gasteiger partial charge >= 0.3 is 0 Å². The summed E-state index contributed by atoms with van der Waals surface area (Å²) in [6.45, 7) is 3.23. The number of nitriles is 1. The lowest BCUT2D eigenvalue weighted by atomic mass is 10.1. The molecule has 0 saturated carbocycles. The number of aliphatic imine (C=N–C) groups is 1. The molecule has 31 heavy (non-hydrogen) atoms. The summed E-state index contributed by atoms with van der Waals surface area (Å²) in [4.78, 5) is 4.19. The summed E-state index contributed by atoms with van der Waals surface area (Å²) in [5.74, 6) is 0.609. The van der Waals surface area contributed by atoms with Gasteiger partial charge in [0.25, 0.3) is 0 Å². The first-order valence-corrected chi connectivity index (χ1v) is 10.1. The predicted octanol–water partition coefficient (Wildman–Crippen LogP) is 1.62. The number of nitrogen functional groups attached to an aromatic ring is 1. The first-order valence-electron chi connectivity index (χ1n) is 10.1. The number of aromatic nitrogens is 2. The average Bonchev–Trinajstić information content (AvgIpc) is 3.10. The van der Waals surface area contributed by atoms with Crippen molar-refractivity contribution in [1.29, 1.82) is 5.26 Å². The second-order valence-corrected chi connectivity index (χ2v) is 6.70. The van der Waals surface area contributed by atoms with E-state index in [1.54, 1.807) is 26.3 Å². The van der Waals surface area contributed by atoms with Crippen LogP contribution in [0, 0.1) is 17.1 Å². The molecule has 0 saturated heterocycles. The third kappa shape index (κ3) is 7.55. The molecule has 10 heteroatoms. The van der Waals surface area contributed by atoms with Gasteiger partial charge in [-0.3, -0.25) is 4.99 Å². The summed E-state index contributed by atoms with van der Waals surface area (Å²) in [6, 6.07) is 7.93. The van der Waals surface area contributed by atoms with Crippen LogP contribution in [0.5, 0.6) is 0 Å². The number of nitrogens with zero attached hydrogens (tertiary/aromatic N) is 4. The van der Waals surface area contributed by atoms with Crippen molar-refractivity contribution >= 4 is 11.8 Å². The van der Waals surface area contributed by atoms with Crippen LogP contribution in [-0.4, -0.2) is 62.8 Å². The number of nitrogens with two attached hydrogens (primary N) is 1. The molecule has 1 heterocycles. The zero-order valence-corrected chi connectivity index (χ0v) is 18.0. The Labute approximate surface area is 182 Å². The quantitative estimate of drug-likeness (QED) is 0.265. The van der Waals surface area contributed by atoms with Gasteiger partial charge in [-0.25, -0.2) is 9.07 Å². The lowest BCUT2D eigenvalue weighted by Gasteiger charge is -2.11. The van der Waals surface area contributed by atoms with Gasteiger partial charge in [-0.15, -0.1) is 0 Å². The highest BCUT2D eigenvalue weighted by Crippen LogP contribution is 2.21. The smallest absolute Gasteiger partial charge is 0.190 e. The number of guanidine groups is 1. The number of methoxy groups -OCH3 is 1. The van der Waals surface area contributed by atoms with Gasteiger partial charge in [0.05, 0.1) is 24.6 Å². The first-order chi connectivity index (χ1) is 15.1. The fraction of sp³-hybridized carbons (Fsp3) is 0.476. The number of rotatable bonds is 12. The Morgan fingerprint density at radius 1 is 1.19 bits per heavy atom. The number of anilines is 1. The number of hydrogen-bond donors (Lipinski definition) is 3. The Balaban J connectivity index is 1.79. The van der Waals surface area contributed by atoms with Gasteiger partial charge < -0.3 is 25.8 Å².